The van der Waals surface area contributed by atoms with Gasteiger partial charge in [0.15, 0.2) is 0 Å². The third-order valence-corrected chi connectivity index (χ3v) is 2.88. The van der Waals surface area contributed by atoms with Gasteiger partial charge in [0, 0.05) is 19.3 Å². The molecule has 1 aromatic heterocycles. The summed E-state index contributed by atoms with van der Waals surface area (Å²) < 4.78 is 22.9. The summed E-state index contributed by atoms with van der Waals surface area (Å²) in [5.74, 6) is 0.162. The Bertz CT molecular complexity index is 562. The largest absolute Gasteiger partial charge is 0.385 e. The molecule has 1 heterocycles. The van der Waals surface area contributed by atoms with E-state index >= 15 is 0 Å². The summed E-state index contributed by atoms with van der Waals surface area (Å²) in [5.41, 5.74) is 6.36. The van der Waals surface area contributed by atoms with Crippen LogP contribution in [0.3, 0.4) is 0 Å². The lowest BCUT2D eigenvalue weighted by Crippen LogP contribution is -2.12. The third kappa shape index (κ3) is 3.28. The van der Waals surface area contributed by atoms with Gasteiger partial charge in [-0.15, -0.1) is 0 Å². The average Bonchev–Trinajstić information content (AvgIpc) is 2.85. The Balaban J connectivity index is 2.20. The minimum Gasteiger partial charge on any atom is -0.385 e. The van der Waals surface area contributed by atoms with E-state index in [-0.39, 0.29) is 10.8 Å². The molecule has 0 radical (unpaired) electrons. The molecule has 1 aromatic carbocycles. The minimum absolute atomic E-state index is 0.220. The zero-order chi connectivity index (χ0) is 13.8. The van der Waals surface area contributed by atoms with E-state index in [9.17, 15) is 4.39 Å². The van der Waals surface area contributed by atoms with Crippen LogP contribution in [0, 0.1) is 5.82 Å². The number of rotatable bonds is 5. The van der Waals surface area contributed by atoms with Crippen LogP contribution in [-0.2, 0) is 4.74 Å². The molecule has 2 aromatic rings. The van der Waals surface area contributed by atoms with E-state index in [2.05, 4.69) is 10.1 Å². The molecule has 102 valence electrons. The van der Waals surface area contributed by atoms with E-state index in [1.54, 1.807) is 7.11 Å². The van der Waals surface area contributed by atoms with Gasteiger partial charge in [-0.25, -0.2) is 4.39 Å². The van der Waals surface area contributed by atoms with Gasteiger partial charge in [0.05, 0.1) is 11.1 Å². The molecule has 2 rings (SSSR count). The number of nitrogens with two attached hydrogens (primary N) is 1. The summed E-state index contributed by atoms with van der Waals surface area (Å²) >= 11 is 5.92. The van der Waals surface area contributed by atoms with Crippen LogP contribution in [0.5, 0.6) is 0 Å². The fraction of sp³-hybridized carbons (Fsp3) is 0.333. The lowest BCUT2D eigenvalue weighted by atomic mass is 10.2. The minimum atomic E-state index is -0.422. The Kier molecular flexibility index (Phi) is 4.47. The number of aromatic nitrogens is 2. The molecule has 7 heteroatoms. The van der Waals surface area contributed by atoms with Gasteiger partial charge < -0.3 is 15.0 Å². The lowest BCUT2D eigenvalue weighted by molar-refractivity contribution is 0.182. The van der Waals surface area contributed by atoms with Gasteiger partial charge in [0.25, 0.3) is 0 Å². The number of nitrogens with zero attached hydrogens (tertiary/aromatic N) is 2. The average molecular weight is 286 g/mol. The van der Waals surface area contributed by atoms with Gasteiger partial charge in [0.1, 0.15) is 5.82 Å². The lowest BCUT2D eigenvalue weighted by Gasteiger charge is -2.04. The summed E-state index contributed by atoms with van der Waals surface area (Å²) in [7, 11) is 1.59. The van der Waals surface area contributed by atoms with Crippen LogP contribution in [0.2, 0.25) is 5.02 Å². The highest BCUT2D eigenvalue weighted by Crippen LogP contribution is 2.27. The van der Waals surface area contributed by atoms with Crippen LogP contribution in [0.25, 0.3) is 11.4 Å². The van der Waals surface area contributed by atoms with Crippen molar-refractivity contribution in [1.29, 1.82) is 0 Å². The Morgan fingerprint density at radius 2 is 2.32 bits per heavy atom. The summed E-state index contributed by atoms with van der Waals surface area (Å²) in [5, 5.41) is 4.01. The van der Waals surface area contributed by atoms with E-state index in [0.717, 1.165) is 0 Å². The number of ether oxygens (including phenoxy) is 1. The molecule has 0 aliphatic heterocycles. The maximum Gasteiger partial charge on any atom is 0.243 e. The van der Waals surface area contributed by atoms with Crippen molar-refractivity contribution < 1.29 is 13.7 Å². The molecule has 0 aliphatic carbocycles. The Morgan fingerprint density at radius 1 is 1.53 bits per heavy atom. The highest BCUT2D eigenvalue weighted by atomic mass is 35.5. The third-order valence-electron chi connectivity index (χ3n) is 2.56. The molecule has 0 fully saturated rings. The van der Waals surface area contributed by atoms with Crippen molar-refractivity contribution in [2.45, 2.75) is 12.5 Å². The van der Waals surface area contributed by atoms with Crippen molar-refractivity contribution in [3.8, 4) is 11.4 Å². The molecule has 0 saturated heterocycles. The topological polar surface area (TPSA) is 74.2 Å². The van der Waals surface area contributed by atoms with Gasteiger partial charge in [0.2, 0.25) is 11.7 Å². The first kappa shape index (κ1) is 13.9. The molecule has 1 atom stereocenters. The Morgan fingerprint density at radius 3 is 3.00 bits per heavy atom. The van der Waals surface area contributed by atoms with Gasteiger partial charge in [-0.05, 0) is 24.6 Å². The van der Waals surface area contributed by atoms with Crippen LogP contribution in [0.4, 0.5) is 4.39 Å². The Hall–Kier alpha value is -1.50. The quantitative estimate of drug-likeness (QED) is 0.914. The van der Waals surface area contributed by atoms with Crippen LogP contribution >= 0.6 is 11.6 Å². The van der Waals surface area contributed by atoms with E-state index in [0.29, 0.717) is 24.5 Å². The van der Waals surface area contributed by atoms with Crippen molar-refractivity contribution in [1.82, 2.24) is 10.1 Å². The second kappa shape index (κ2) is 6.10. The second-order valence-electron chi connectivity index (χ2n) is 3.97. The number of methoxy groups -OCH3 is 1. The SMILES string of the molecule is COCCC(N)c1nc(-c2ccc(F)cc2Cl)no1. The van der Waals surface area contributed by atoms with E-state index < -0.39 is 11.9 Å². The molecule has 19 heavy (non-hydrogen) atoms. The predicted octanol–water partition coefficient (Wildman–Crippen LogP) is 2.57. The number of halogens is 2. The maximum absolute atomic E-state index is 13.0. The van der Waals surface area contributed by atoms with Crippen molar-refractivity contribution >= 4 is 11.6 Å². The monoisotopic (exact) mass is 285 g/mol. The van der Waals surface area contributed by atoms with Crippen molar-refractivity contribution in [2.24, 2.45) is 5.73 Å². The molecule has 0 bridgehead atoms. The van der Waals surface area contributed by atoms with E-state index in [1.807, 2.05) is 0 Å². The summed E-state index contributed by atoms with van der Waals surface area (Å²) in [6.07, 6.45) is 0.565. The maximum atomic E-state index is 13.0. The van der Waals surface area contributed by atoms with Crippen LogP contribution < -0.4 is 5.73 Å². The number of hydrogen-bond donors (Lipinski definition) is 1. The van der Waals surface area contributed by atoms with Crippen molar-refractivity contribution in [3.63, 3.8) is 0 Å². The first-order valence-corrected chi connectivity index (χ1v) is 6.03. The Labute approximate surface area is 114 Å². The zero-order valence-corrected chi connectivity index (χ0v) is 11.0. The number of hydrogen-bond acceptors (Lipinski definition) is 5. The first-order chi connectivity index (χ1) is 9.11. The van der Waals surface area contributed by atoms with Gasteiger partial charge in [-0.1, -0.05) is 16.8 Å². The van der Waals surface area contributed by atoms with Crippen LogP contribution in [0.15, 0.2) is 22.7 Å². The van der Waals surface area contributed by atoms with Gasteiger partial charge >= 0.3 is 0 Å². The van der Waals surface area contributed by atoms with E-state index in [4.69, 9.17) is 26.6 Å². The van der Waals surface area contributed by atoms with Gasteiger partial charge in [-0.3, -0.25) is 0 Å². The summed E-state index contributed by atoms with van der Waals surface area (Å²) in [4.78, 5) is 4.16. The fourth-order valence-electron chi connectivity index (χ4n) is 1.53. The summed E-state index contributed by atoms with van der Waals surface area (Å²) in [6, 6.07) is 3.56. The molecular formula is C12H13ClFN3O2. The van der Waals surface area contributed by atoms with Crippen molar-refractivity contribution in [3.05, 3.63) is 34.9 Å². The molecule has 0 aliphatic rings. The van der Waals surface area contributed by atoms with Crippen LogP contribution in [-0.4, -0.2) is 23.9 Å². The standard InChI is InChI=1S/C12H13ClFN3O2/c1-18-5-4-10(15)12-16-11(17-19-12)8-3-2-7(14)6-9(8)13/h2-3,6,10H,4-5,15H2,1H3. The molecular weight excluding hydrogens is 273 g/mol. The zero-order valence-electron chi connectivity index (χ0n) is 10.3. The van der Waals surface area contributed by atoms with Crippen LogP contribution in [0.1, 0.15) is 18.4 Å². The molecule has 0 amide bonds. The molecule has 0 spiro atoms. The molecule has 1 unspecified atom stereocenters. The first-order valence-electron chi connectivity index (χ1n) is 5.65. The predicted molar refractivity (Wildman–Crippen MR) is 68.1 cm³/mol. The highest BCUT2D eigenvalue weighted by molar-refractivity contribution is 6.33. The second-order valence-corrected chi connectivity index (χ2v) is 4.38. The highest BCUT2D eigenvalue weighted by Gasteiger charge is 2.17. The molecule has 5 nitrogen and oxygen atoms in total. The molecule has 2 N–H and O–H groups in total. The normalized spacial score (nSPS) is 12.6. The molecule has 0 saturated carbocycles. The van der Waals surface area contributed by atoms with E-state index in [1.165, 1.54) is 18.2 Å². The number of benzene rings is 1. The van der Waals surface area contributed by atoms with Crippen molar-refractivity contribution in [2.75, 3.05) is 13.7 Å². The smallest absolute Gasteiger partial charge is 0.243 e. The fourth-order valence-corrected chi connectivity index (χ4v) is 1.79. The van der Waals surface area contributed by atoms with Gasteiger partial charge in [-0.2, -0.15) is 4.98 Å². The summed E-state index contributed by atoms with van der Waals surface area (Å²) in [6.45, 7) is 0.496.